The Hall–Kier alpha value is -1.59. The van der Waals surface area contributed by atoms with Crippen LogP contribution in [0.2, 0.25) is 10.0 Å². The average Bonchev–Trinajstić information content (AvgIpc) is 2.42. The number of carbonyl (C=O) groups excluding carboxylic acids is 2. The lowest BCUT2D eigenvalue weighted by atomic mass is 10.2. The summed E-state index contributed by atoms with van der Waals surface area (Å²) in [4.78, 5) is 27.4. The lowest BCUT2D eigenvalue weighted by molar-refractivity contribution is -0.143. The Bertz CT molecular complexity index is 558. The lowest BCUT2D eigenvalue weighted by Gasteiger charge is -2.06. The van der Waals surface area contributed by atoms with Crippen molar-refractivity contribution in [3.8, 4) is 0 Å². The summed E-state index contributed by atoms with van der Waals surface area (Å²) in [5.41, 5.74) is 0.352. The molecule has 1 aromatic carbocycles. The molecule has 5 nitrogen and oxygen atoms in total. The molecule has 0 heterocycles. The Morgan fingerprint density at radius 1 is 1.10 bits per heavy atom. The summed E-state index contributed by atoms with van der Waals surface area (Å²) in [6.45, 7) is 3.75. The highest BCUT2D eigenvalue weighted by Crippen LogP contribution is 2.26. The molecule has 114 valence electrons. The van der Waals surface area contributed by atoms with Gasteiger partial charge >= 0.3 is 11.9 Å². The number of nitrogens with zero attached hydrogens (tertiary/aromatic N) is 1. The van der Waals surface area contributed by atoms with Crippen LogP contribution in [0.1, 0.15) is 20.3 Å². The van der Waals surface area contributed by atoms with Crippen LogP contribution in [0.5, 0.6) is 0 Å². The van der Waals surface area contributed by atoms with Gasteiger partial charge in [0.1, 0.15) is 5.71 Å². The second-order valence-electron chi connectivity index (χ2n) is 3.86. The summed E-state index contributed by atoms with van der Waals surface area (Å²) >= 11 is 11.7. The molecule has 0 aliphatic carbocycles. The fraction of sp³-hybridized carbons (Fsp3) is 0.357. The maximum Gasteiger partial charge on any atom is 0.353 e. The molecule has 0 amide bonds. The zero-order valence-corrected chi connectivity index (χ0v) is 13.2. The predicted molar refractivity (Wildman–Crippen MR) is 81.4 cm³/mol. The number of aliphatic imine (C=N–C) groups is 1. The van der Waals surface area contributed by atoms with E-state index in [1.165, 1.54) is 6.07 Å². The molecule has 0 saturated heterocycles. The average molecular weight is 332 g/mol. The van der Waals surface area contributed by atoms with Crippen molar-refractivity contribution in [1.29, 1.82) is 0 Å². The number of halogens is 2. The van der Waals surface area contributed by atoms with Crippen LogP contribution in [0.4, 0.5) is 5.69 Å². The van der Waals surface area contributed by atoms with Gasteiger partial charge in [-0.2, -0.15) is 0 Å². The number of ether oxygens (including phenoxy) is 2. The number of rotatable bonds is 6. The number of hydrogen-bond acceptors (Lipinski definition) is 5. The van der Waals surface area contributed by atoms with E-state index in [2.05, 4.69) is 4.99 Å². The number of hydrogen-bond donors (Lipinski definition) is 0. The van der Waals surface area contributed by atoms with Crippen molar-refractivity contribution in [3.05, 3.63) is 28.2 Å². The quantitative estimate of drug-likeness (QED) is 0.590. The van der Waals surface area contributed by atoms with Crippen LogP contribution in [0.15, 0.2) is 23.2 Å². The smallest absolute Gasteiger partial charge is 0.353 e. The molecule has 0 fully saturated rings. The van der Waals surface area contributed by atoms with Crippen molar-refractivity contribution in [3.63, 3.8) is 0 Å². The Morgan fingerprint density at radius 3 is 2.33 bits per heavy atom. The van der Waals surface area contributed by atoms with Gasteiger partial charge in [0.05, 0.1) is 35.4 Å². The third kappa shape index (κ3) is 5.73. The van der Waals surface area contributed by atoms with Gasteiger partial charge in [-0.15, -0.1) is 0 Å². The third-order valence-electron chi connectivity index (χ3n) is 2.30. The number of esters is 2. The van der Waals surface area contributed by atoms with Crippen LogP contribution in [0, 0.1) is 0 Å². The molecular formula is C14H15Cl2NO4. The van der Waals surface area contributed by atoms with Crippen LogP contribution < -0.4 is 0 Å². The number of carbonyl (C=O) groups is 2. The zero-order valence-electron chi connectivity index (χ0n) is 11.7. The van der Waals surface area contributed by atoms with Gasteiger partial charge in [-0.1, -0.05) is 23.2 Å². The Balaban J connectivity index is 3.03. The summed E-state index contributed by atoms with van der Waals surface area (Å²) in [6.07, 6.45) is -0.271. The molecule has 7 heteroatoms. The van der Waals surface area contributed by atoms with Crippen molar-refractivity contribution in [2.75, 3.05) is 13.2 Å². The van der Waals surface area contributed by atoms with E-state index in [1.54, 1.807) is 26.0 Å². The predicted octanol–water partition coefficient (Wildman–Crippen LogP) is 3.58. The van der Waals surface area contributed by atoms with Crippen molar-refractivity contribution >= 4 is 46.5 Å². The third-order valence-corrected chi connectivity index (χ3v) is 3.03. The second-order valence-corrected chi connectivity index (χ2v) is 4.67. The maximum absolute atomic E-state index is 11.8. The Kier molecular flexibility index (Phi) is 7.19. The summed E-state index contributed by atoms with van der Waals surface area (Å²) in [5, 5.41) is 0.677. The highest BCUT2D eigenvalue weighted by Gasteiger charge is 2.18. The van der Waals surface area contributed by atoms with Crippen LogP contribution in [0.3, 0.4) is 0 Å². The minimum Gasteiger partial charge on any atom is -0.466 e. The van der Waals surface area contributed by atoms with Gasteiger partial charge in [0.25, 0.3) is 0 Å². The lowest BCUT2D eigenvalue weighted by Crippen LogP contribution is -2.22. The van der Waals surface area contributed by atoms with E-state index in [9.17, 15) is 9.59 Å². The zero-order chi connectivity index (χ0) is 15.8. The summed E-state index contributed by atoms with van der Waals surface area (Å²) < 4.78 is 9.68. The van der Waals surface area contributed by atoms with Crippen molar-refractivity contribution in [2.45, 2.75) is 20.3 Å². The fourth-order valence-corrected chi connectivity index (χ4v) is 1.72. The van der Waals surface area contributed by atoms with Gasteiger partial charge in [-0.3, -0.25) is 4.79 Å². The SMILES string of the molecule is CCOC(=O)CC(=Nc1ccc(Cl)c(Cl)c1)C(=O)OCC. The molecule has 0 aliphatic rings. The minimum absolute atomic E-state index is 0.0475. The largest absolute Gasteiger partial charge is 0.466 e. The molecule has 0 atom stereocenters. The topological polar surface area (TPSA) is 65.0 Å². The van der Waals surface area contributed by atoms with Crippen LogP contribution in [0.25, 0.3) is 0 Å². The van der Waals surface area contributed by atoms with E-state index < -0.39 is 11.9 Å². The number of benzene rings is 1. The van der Waals surface area contributed by atoms with Crippen molar-refractivity contribution < 1.29 is 19.1 Å². The van der Waals surface area contributed by atoms with E-state index in [0.29, 0.717) is 15.7 Å². The molecule has 0 N–H and O–H groups in total. The van der Waals surface area contributed by atoms with Gasteiger partial charge < -0.3 is 9.47 Å². The normalized spacial score (nSPS) is 11.1. The van der Waals surface area contributed by atoms with Gasteiger partial charge in [0.2, 0.25) is 0 Å². The standard InChI is InChI=1S/C14H15Cl2NO4/c1-3-20-13(18)8-12(14(19)21-4-2)17-9-5-6-10(15)11(16)7-9/h5-7H,3-4,8H2,1-2H3. The van der Waals surface area contributed by atoms with E-state index >= 15 is 0 Å². The molecule has 0 aliphatic heterocycles. The highest BCUT2D eigenvalue weighted by molar-refractivity contribution is 6.42. The van der Waals surface area contributed by atoms with Crippen LogP contribution in [-0.2, 0) is 19.1 Å². The second kappa shape index (κ2) is 8.64. The first kappa shape index (κ1) is 17.5. The van der Waals surface area contributed by atoms with Gasteiger partial charge in [-0.25, -0.2) is 9.79 Å². The first-order valence-corrected chi connectivity index (χ1v) is 7.08. The van der Waals surface area contributed by atoms with E-state index in [0.717, 1.165) is 0 Å². The summed E-state index contributed by atoms with van der Waals surface area (Å²) in [6, 6.07) is 4.63. The van der Waals surface area contributed by atoms with Crippen LogP contribution in [-0.4, -0.2) is 30.9 Å². The fourth-order valence-electron chi connectivity index (χ4n) is 1.43. The van der Waals surface area contributed by atoms with Gasteiger partial charge in [-0.05, 0) is 32.0 Å². The molecule has 1 aromatic rings. The van der Waals surface area contributed by atoms with Gasteiger partial charge in [0, 0.05) is 0 Å². The molecule has 0 saturated carbocycles. The van der Waals surface area contributed by atoms with Gasteiger partial charge in [0.15, 0.2) is 0 Å². The van der Waals surface area contributed by atoms with Crippen molar-refractivity contribution in [1.82, 2.24) is 0 Å². The molecule has 0 bridgehead atoms. The molecule has 0 aromatic heterocycles. The van der Waals surface area contributed by atoms with E-state index in [-0.39, 0.29) is 25.3 Å². The molecule has 0 spiro atoms. The first-order valence-electron chi connectivity index (χ1n) is 6.33. The molecule has 21 heavy (non-hydrogen) atoms. The Labute approximate surface area is 132 Å². The van der Waals surface area contributed by atoms with Crippen LogP contribution >= 0.6 is 23.2 Å². The highest BCUT2D eigenvalue weighted by atomic mass is 35.5. The molecule has 0 unspecified atom stereocenters. The van der Waals surface area contributed by atoms with Crippen molar-refractivity contribution in [2.24, 2.45) is 4.99 Å². The molecular weight excluding hydrogens is 317 g/mol. The minimum atomic E-state index is -0.670. The monoisotopic (exact) mass is 331 g/mol. The summed E-state index contributed by atoms with van der Waals surface area (Å²) in [7, 11) is 0. The Morgan fingerprint density at radius 2 is 1.76 bits per heavy atom. The first-order chi connectivity index (χ1) is 9.97. The summed E-state index contributed by atoms with van der Waals surface area (Å²) in [5.74, 6) is -1.22. The van der Waals surface area contributed by atoms with E-state index in [1.807, 2.05) is 0 Å². The maximum atomic E-state index is 11.8. The van der Waals surface area contributed by atoms with E-state index in [4.69, 9.17) is 32.7 Å². The molecule has 0 radical (unpaired) electrons. The molecule has 1 rings (SSSR count).